The molecule has 2 aromatic carbocycles. The maximum atomic E-state index is 13.5. The standard InChI is InChI=1S/C28H32F3N3O4S/c29-28(30,31)21-7-4-8-24(18-21)39(37,38)34(22-11-12-22)23-13-15-33(16-14-23)27(36)25(32-26(35)20-9-10-20)17-19-5-2-1-3-6-19/h1-8,18,20,22-23,25H,9-17H2,(H,32,35)/t25-/m1/s1. The minimum Gasteiger partial charge on any atom is -0.344 e. The van der Waals surface area contributed by atoms with Gasteiger partial charge in [-0.1, -0.05) is 36.4 Å². The van der Waals surface area contributed by atoms with Crippen molar-refractivity contribution in [1.29, 1.82) is 0 Å². The normalized spacial score (nSPS) is 19.6. The molecule has 0 spiro atoms. The minimum atomic E-state index is -4.65. The van der Waals surface area contributed by atoms with Gasteiger partial charge in [-0.3, -0.25) is 9.59 Å². The average molecular weight is 564 g/mol. The molecule has 1 atom stereocenters. The lowest BCUT2D eigenvalue weighted by Crippen LogP contribution is -2.54. The smallest absolute Gasteiger partial charge is 0.344 e. The molecule has 0 aromatic heterocycles. The summed E-state index contributed by atoms with van der Waals surface area (Å²) in [7, 11) is -4.16. The van der Waals surface area contributed by atoms with Crippen molar-refractivity contribution in [2.24, 2.45) is 5.92 Å². The summed E-state index contributed by atoms with van der Waals surface area (Å²) in [6, 6.07) is 11.9. The van der Waals surface area contributed by atoms with E-state index in [-0.39, 0.29) is 28.7 Å². The summed E-state index contributed by atoms with van der Waals surface area (Å²) in [4.78, 5) is 27.3. The topological polar surface area (TPSA) is 86.8 Å². The van der Waals surface area contributed by atoms with Gasteiger partial charge in [0, 0.05) is 37.5 Å². The molecule has 2 aliphatic carbocycles. The fraction of sp³-hybridized carbons (Fsp3) is 0.500. The summed E-state index contributed by atoms with van der Waals surface area (Å²) in [6.45, 7) is 0.602. The van der Waals surface area contributed by atoms with Crippen molar-refractivity contribution in [1.82, 2.24) is 14.5 Å². The number of hydrogen-bond acceptors (Lipinski definition) is 4. The van der Waals surface area contributed by atoms with Crippen LogP contribution in [0.4, 0.5) is 13.2 Å². The number of rotatable bonds is 9. The predicted molar refractivity (Wildman–Crippen MR) is 138 cm³/mol. The van der Waals surface area contributed by atoms with Crippen LogP contribution in [0, 0.1) is 5.92 Å². The van der Waals surface area contributed by atoms with Crippen LogP contribution in [0.15, 0.2) is 59.5 Å². The molecule has 7 nitrogen and oxygen atoms in total. The molecule has 3 aliphatic rings. The molecule has 1 N–H and O–H groups in total. The lowest BCUT2D eigenvalue weighted by molar-refractivity contribution is -0.138. The second-order valence-electron chi connectivity index (χ2n) is 10.7. The van der Waals surface area contributed by atoms with Crippen molar-refractivity contribution in [2.45, 2.75) is 74.1 Å². The lowest BCUT2D eigenvalue weighted by Gasteiger charge is -2.39. The first-order valence-electron chi connectivity index (χ1n) is 13.4. The van der Waals surface area contributed by atoms with Gasteiger partial charge in [0.1, 0.15) is 6.04 Å². The zero-order valence-corrected chi connectivity index (χ0v) is 22.3. The Kier molecular flexibility index (Phi) is 7.74. The molecule has 2 amide bonds. The fourth-order valence-electron chi connectivity index (χ4n) is 5.22. The number of piperidine rings is 1. The van der Waals surface area contributed by atoms with E-state index in [1.54, 1.807) is 4.90 Å². The van der Waals surface area contributed by atoms with Crippen LogP contribution < -0.4 is 5.32 Å². The number of alkyl halides is 3. The third-order valence-corrected chi connectivity index (χ3v) is 9.63. The highest BCUT2D eigenvalue weighted by molar-refractivity contribution is 7.89. The molecule has 0 bridgehead atoms. The quantitative estimate of drug-likeness (QED) is 0.500. The molecule has 210 valence electrons. The van der Waals surface area contributed by atoms with Crippen molar-refractivity contribution >= 4 is 21.8 Å². The second-order valence-corrected chi connectivity index (χ2v) is 12.5. The Morgan fingerprint density at radius 3 is 2.15 bits per heavy atom. The van der Waals surface area contributed by atoms with Crippen LogP contribution in [0.2, 0.25) is 0 Å². The van der Waals surface area contributed by atoms with Gasteiger partial charge >= 0.3 is 6.18 Å². The first kappa shape index (κ1) is 27.6. The molecule has 39 heavy (non-hydrogen) atoms. The first-order chi connectivity index (χ1) is 18.5. The van der Waals surface area contributed by atoms with Crippen molar-refractivity contribution in [3.8, 4) is 0 Å². The van der Waals surface area contributed by atoms with E-state index in [0.29, 0.717) is 51.3 Å². The van der Waals surface area contributed by atoms with E-state index in [4.69, 9.17) is 0 Å². The summed E-state index contributed by atoms with van der Waals surface area (Å²) in [5.41, 5.74) is -0.0774. The summed E-state index contributed by atoms with van der Waals surface area (Å²) < 4.78 is 68.2. The molecule has 0 radical (unpaired) electrons. The highest BCUT2D eigenvalue weighted by atomic mass is 32.2. The van der Waals surface area contributed by atoms with Gasteiger partial charge in [0.25, 0.3) is 0 Å². The van der Waals surface area contributed by atoms with Crippen LogP contribution in [0.25, 0.3) is 0 Å². The van der Waals surface area contributed by atoms with E-state index in [1.807, 2.05) is 30.3 Å². The minimum absolute atomic E-state index is 0.0463. The number of carbonyl (C=O) groups excluding carboxylic acids is 2. The maximum Gasteiger partial charge on any atom is 0.416 e. The molecule has 2 saturated carbocycles. The average Bonchev–Trinajstić information content (AvgIpc) is 3.83. The Balaban J connectivity index is 1.29. The predicted octanol–water partition coefficient (Wildman–Crippen LogP) is 3.99. The third-order valence-electron chi connectivity index (χ3n) is 7.62. The van der Waals surface area contributed by atoms with Gasteiger partial charge in [-0.15, -0.1) is 0 Å². The lowest BCUT2D eigenvalue weighted by atomic mass is 10.0. The molecule has 11 heteroatoms. The molecular formula is C28H32F3N3O4S. The van der Waals surface area contributed by atoms with Crippen LogP contribution in [0.3, 0.4) is 0 Å². The van der Waals surface area contributed by atoms with E-state index < -0.39 is 33.8 Å². The fourth-order valence-corrected chi connectivity index (χ4v) is 7.20. The van der Waals surface area contributed by atoms with Gasteiger partial charge in [0.15, 0.2) is 0 Å². The zero-order valence-electron chi connectivity index (χ0n) is 21.4. The molecule has 0 unspecified atom stereocenters. The first-order valence-corrected chi connectivity index (χ1v) is 14.8. The number of nitrogens with one attached hydrogen (secondary N) is 1. The monoisotopic (exact) mass is 563 g/mol. The SMILES string of the molecule is O=C(N[C@H](Cc1ccccc1)C(=O)N1CCC(N(C2CC2)S(=O)(=O)c2cccc(C(F)(F)F)c2)CC1)C1CC1. The van der Waals surface area contributed by atoms with Crippen molar-refractivity contribution < 1.29 is 31.2 Å². The molecule has 1 heterocycles. The number of amides is 2. The third kappa shape index (κ3) is 6.46. The van der Waals surface area contributed by atoms with E-state index in [1.165, 1.54) is 10.4 Å². The second kappa shape index (κ2) is 10.9. The number of carbonyl (C=O) groups is 2. The molecule has 1 saturated heterocycles. The van der Waals surface area contributed by atoms with Crippen LogP contribution in [-0.2, 0) is 32.2 Å². The molecule has 3 fully saturated rings. The van der Waals surface area contributed by atoms with E-state index >= 15 is 0 Å². The van der Waals surface area contributed by atoms with Gasteiger partial charge in [-0.2, -0.15) is 17.5 Å². The van der Waals surface area contributed by atoms with Gasteiger partial charge in [0.05, 0.1) is 10.5 Å². The zero-order chi connectivity index (χ0) is 27.8. The van der Waals surface area contributed by atoms with Gasteiger partial charge < -0.3 is 10.2 Å². The number of sulfonamides is 1. The molecule has 2 aromatic rings. The summed E-state index contributed by atoms with van der Waals surface area (Å²) in [5.74, 6) is -0.369. The van der Waals surface area contributed by atoms with Crippen LogP contribution in [0.1, 0.15) is 49.7 Å². The summed E-state index contributed by atoms with van der Waals surface area (Å²) >= 11 is 0. The van der Waals surface area contributed by atoms with Gasteiger partial charge in [-0.05, 0) is 62.3 Å². The largest absolute Gasteiger partial charge is 0.416 e. The Labute approximate surface area is 226 Å². The Bertz CT molecular complexity index is 1300. The van der Waals surface area contributed by atoms with Crippen molar-refractivity contribution in [3.63, 3.8) is 0 Å². The van der Waals surface area contributed by atoms with E-state index in [2.05, 4.69) is 5.32 Å². The van der Waals surface area contributed by atoms with Crippen LogP contribution >= 0.6 is 0 Å². The highest BCUT2D eigenvalue weighted by Gasteiger charge is 2.45. The number of halogens is 3. The Hall–Kier alpha value is -2.92. The summed E-state index contributed by atoms with van der Waals surface area (Å²) in [6.07, 6.45) is -0.595. The van der Waals surface area contributed by atoms with Gasteiger partial charge in [0.2, 0.25) is 21.8 Å². The maximum absolute atomic E-state index is 13.5. The van der Waals surface area contributed by atoms with E-state index in [0.717, 1.165) is 30.5 Å². The van der Waals surface area contributed by atoms with E-state index in [9.17, 15) is 31.2 Å². The molecule has 5 rings (SSSR count). The highest BCUT2D eigenvalue weighted by Crippen LogP contribution is 2.38. The summed E-state index contributed by atoms with van der Waals surface area (Å²) in [5, 5.41) is 2.92. The Morgan fingerprint density at radius 2 is 1.56 bits per heavy atom. The number of benzene rings is 2. The van der Waals surface area contributed by atoms with Crippen LogP contribution in [-0.4, -0.2) is 60.7 Å². The van der Waals surface area contributed by atoms with Gasteiger partial charge in [-0.25, -0.2) is 8.42 Å². The molecular weight excluding hydrogens is 531 g/mol. The van der Waals surface area contributed by atoms with Crippen molar-refractivity contribution in [2.75, 3.05) is 13.1 Å². The van der Waals surface area contributed by atoms with Crippen LogP contribution in [0.5, 0.6) is 0 Å². The Morgan fingerprint density at radius 1 is 0.923 bits per heavy atom. The molecule has 1 aliphatic heterocycles. The number of nitrogens with zero attached hydrogens (tertiary/aromatic N) is 2. The van der Waals surface area contributed by atoms with Crippen molar-refractivity contribution in [3.05, 3.63) is 65.7 Å². The number of likely N-dealkylation sites (tertiary alicyclic amines) is 1. The number of hydrogen-bond donors (Lipinski definition) is 1.